The lowest BCUT2D eigenvalue weighted by Gasteiger charge is -2.36. The molecule has 4 N–H and O–H groups in total. The second kappa shape index (κ2) is 16.5. The van der Waals surface area contributed by atoms with Gasteiger partial charge in [-0.15, -0.1) is 0 Å². The first-order chi connectivity index (χ1) is 32.0. The molecular formula is C48H49F2N11O5. The molecule has 0 bridgehead atoms. The molecule has 16 nitrogen and oxygen atoms in total. The van der Waals surface area contributed by atoms with Gasteiger partial charge in [-0.25, -0.2) is 23.4 Å². The van der Waals surface area contributed by atoms with E-state index in [-0.39, 0.29) is 29.3 Å². The maximum absolute atomic E-state index is 16.2. The number of ether oxygens (including phenoxy) is 1. The maximum Gasteiger partial charge on any atom is 0.438 e. The predicted octanol–water partition coefficient (Wildman–Crippen LogP) is 7.07. The minimum atomic E-state index is -0.623. The van der Waals surface area contributed by atoms with Gasteiger partial charge in [0, 0.05) is 72.8 Å². The summed E-state index contributed by atoms with van der Waals surface area (Å²) in [7, 11) is 0. The molecule has 2 aliphatic heterocycles. The second-order valence-corrected chi connectivity index (χ2v) is 18.2. The number of carbonyl (C=O) groups is 1. The summed E-state index contributed by atoms with van der Waals surface area (Å²) in [5.74, 6) is 0.774. The summed E-state index contributed by atoms with van der Waals surface area (Å²) < 4.78 is 45.4. The molecule has 5 aromatic heterocycles. The Balaban J connectivity index is 0.000000424. The zero-order valence-electron chi connectivity index (χ0n) is 36.6. The number of nitrogens with one attached hydrogen (secondary N) is 2. The number of fused-ring (bicyclic) bond motifs is 3. The SMILES string of the molecule is CC1CC1c1noc(=O)[nH]1.C[C@H]1C(C(=Nc2ccc(F)c3c2CCC3)n2ccn(-c3ccc4c(cnn4C4CC4)c3F)c2=O)=C(N)CCN1C(=O)c1cc2cc(C3CCOCC3)ncc2[nH]1. The van der Waals surface area contributed by atoms with Crippen LogP contribution in [-0.4, -0.2) is 81.5 Å². The average Bonchev–Trinajstić information content (AvgIpc) is 3.84. The highest BCUT2D eigenvalue weighted by Crippen LogP contribution is 2.45. The number of imidazole rings is 1. The van der Waals surface area contributed by atoms with Crippen molar-refractivity contribution in [3.05, 3.63) is 133 Å². The highest BCUT2D eigenvalue weighted by molar-refractivity contribution is 6.05. The molecule has 2 saturated carbocycles. The summed E-state index contributed by atoms with van der Waals surface area (Å²) >= 11 is 0. The summed E-state index contributed by atoms with van der Waals surface area (Å²) in [5, 5.41) is 9.24. The van der Waals surface area contributed by atoms with Crippen LogP contribution in [0.5, 0.6) is 0 Å². The molecule has 2 unspecified atom stereocenters. The molecule has 2 aromatic carbocycles. The number of pyridine rings is 1. The van der Waals surface area contributed by atoms with Crippen LogP contribution in [0.2, 0.25) is 0 Å². The number of amides is 1. The molecule has 0 spiro atoms. The fraction of sp³-hybridized carbons (Fsp3) is 0.396. The number of halogens is 2. The zero-order chi connectivity index (χ0) is 45.4. The van der Waals surface area contributed by atoms with Gasteiger partial charge in [-0.05, 0) is 112 Å². The van der Waals surface area contributed by atoms with Gasteiger partial charge < -0.3 is 20.4 Å². The van der Waals surface area contributed by atoms with Crippen molar-refractivity contribution in [2.24, 2.45) is 16.6 Å². The molecule has 7 aromatic rings. The van der Waals surface area contributed by atoms with E-state index in [1.165, 1.54) is 33.8 Å². The Bertz CT molecular complexity index is 3230. The van der Waals surface area contributed by atoms with Gasteiger partial charge >= 0.3 is 11.4 Å². The third-order valence-corrected chi connectivity index (χ3v) is 14.0. The van der Waals surface area contributed by atoms with E-state index in [4.69, 9.17) is 20.4 Å². The Hall–Kier alpha value is -6.95. The van der Waals surface area contributed by atoms with Gasteiger partial charge in [0.2, 0.25) is 0 Å². The quantitative estimate of drug-likeness (QED) is 0.111. The van der Waals surface area contributed by atoms with E-state index in [9.17, 15) is 18.8 Å². The molecule has 66 heavy (non-hydrogen) atoms. The van der Waals surface area contributed by atoms with Crippen molar-refractivity contribution in [2.75, 3.05) is 19.8 Å². The van der Waals surface area contributed by atoms with E-state index in [1.54, 1.807) is 29.3 Å². The van der Waals surface area contributed by atoms with Crippen molar-refractivity contribution in [2.45, 2.75) is 95.6 Å². The number of benzene rings is 2. The number of H-pyrrole nitrogens is 2. The minimum absolute atomic E-state index is 0.0716. The van der Waals surface area contributed by atoms with Gasteiger partial charge in [0.1, 0.15) is 17.3 Å². The lowest BCUT2D eigenvalue weighted by Crippen LogP contribution is -2.48. The van der Waals surface area contributed by atoms with E-state index < -0.39 is 23.3 Å². The number of aromatic nitrogens is 8. The molecule has 1 amide bonds. The van der Waals surface area contributed by atoms with Crippen LogP contribution >= 0.6 is 0 Å². The van der Waals surface area contributed by atoms with Crippen molar-refractivity contribution in [3.8, 4) is 5.69 Å². The van der Waals surface area contributed by atoms with Crippen LogP contribution in [0.25, 0.3) is 27.5 Å². The Morgan fingerprint density at radius 1 is 0.955 bits per heavy atom. The summed E-state index contributed by atoms with van der Waals surface area (Å²) in [6.07, 6.45) is 13.6. The van der Waals surface area contributed by atoms with Gasteiger partial charge in [0.05, 0.1) is 52.3 Å². The number of rotatable bonds is 7. The Morgan fingerprint density at radius 3 is 2.52 bits per heavy atom. The summed E-state index contributed by atoms with van der Waals surface area (Å²) in [4.78, 5) is 56.6. The number of nitrogens with zero attached hydrogens (tertiary/aromatic N) is 8. The van der Waals surface area contributed by atoms with Crippen LogP contribution in [0.4, 0.5) is 14.5 Å². The van der Waals surface area contributed by atoms with E-state index in [0.29, 0.717) is 102 Å². The van der Waals surface area contributed by atoms with E-state index in [0.717, 1.165) is 60.7 Å². The molecule has 340 valence electrons. The molecule has 5 aliphatic rings. The average molecular weight is 898 g/mol. The monoisotopic (exact) mass is 897 g/mol. The van der Waals surface area contributed by atoms with Gasteiger partial charge in [-0.3, -0.25) is 33.1 Å². The highest BCUT2D eigenvalue weighted by atomic mass is 19.1. The lowest BCUT2D eigenvalue weighted by molar-refractivity contribution is 0.0705. The maximum atomic E-state index is 16.2. The molecule has 3 aliphatic carbocycles. The Kier molecular flexibility index (Phi) is 10.4. The van der Waals surface area contributed by atoms with Gasteiger partial charge in [0.25, 0.3) is 5.91 Å². The fourth-order valence-corrected chi connectivity index (χ4v) is 9.94. The van der Waals surface area contributed by atoms with Crippen molar-refractivity contribution in [1.82, 2.24) is 43.9 Å². The first-order valence-electron chi connectivity index (χ1n) is 22.8. The third kappa shape index (κ3) is 7.46. The molecule has 7 heterocycles. The number of aliphatic imine (C=N–C) groups is 1. The summed E-state index contributed by atoms with van der Waals surface area (Å²) in [6.45, 7) is 5.74. The smallest absolute Gasteiger partial charge is 0.402 e. The van der Waals surface area contributed by atoms with Crippen LogP contribution in [-0.2, 0) is 17.6 Å². The van der Waals surface area contributed by atoms with E-state index >= 15 is 4.39 Å². The number of nitrogens with two attached hydrogens (primary N) is 1. The molecular weight excluding hydrogens is 849 g/mol. The van der Waals surface area contributed by atoms with Crippen molar-refractivity contribution >= 4 is 39.2 Å². The van der Waals surface area contributed by atoms with Crippen molar-refractivity contribution in [3.63, 3.8) is 0 Å². The third-order valence-electron chi connectivity index (χ3n) is 14.0. The normalized spacial score (nSPS) is 21.1. The lowest BCUT2D eigenvalue weighted by atomic mass is 9.95. The van der Waals surface area contributed by atoms with Crippen molar-refractivity contribution in [1.29, 1.82) is 0 Å². The largest absolute Gasteiger partial charge is 0.438 e. The minimum Gasteiger partial charge on any atom is -0.402 e. The van der Waals surface area contributed by atoms with Crippen molar-refractivity contribution < 1.29 is 22.8 Å². The van der Waals surface area contributed by atoms with Gasteiger partial charge in [-0.1, -0.05) is 12.1 Å². The van der Waals surface area contributed by atoms with Crippen LogP contribution in [0.3, 0.4) is 0 Å². The number of hydrogen-bond donors (Lipinski definition) is 3. The Labute approximate surface area is 376 Å². The molecule has 0 radical (unpaired) electrons. The summed E-state index contributed by atoms with van der Waals surface area (Å²) in [6, 6.07) is 9.94. The molecule has 12 rings (SSSR count). The zero-order valence-corrected chi connectivity index (χ0v) is 36.6. The van der Waals surface area contributed by atoms with Crippen LogP contribution in [0.1, 0.15) is 110 Å². The summed E-state index contributed by atoms with van der Waals surface area (Å²) in [5.41, 5.74) is 12.0. The Morgan fingerprint density at radius 2 is 1.76 bits per heavy atom. The van der Waals surface area contributed by atoms with Gasteiger partial charge in [-0.2, -0.15) is 5.10 Å². The van der Waals surface area contributed by atoms with E-state index in [2.05, 4.69) is 31.7 Å². The van der Waals surface area contributed by atoms with Crippen LogP contribution in [0, 0.1) is 17.6 Å². The predicted molar refractivity (Wildman–Crippen MR) is 241 cm³/mol. The first kappa shape index (κ1) is 41.7. The van der Waals surface area contributed by atoms with Crippen LogP contribution in [0.15, 0.2) is 91.6 Å². The number of hydrogen-bond acceptors (Lipinski definition) is 10. The standard InChI is InChI=1S/C42H41F2N9O3.C6H8N2O2/c1-23-38(31(45)11-14-50(23)41(54)34-20-25-19-33(46-22-35(25)48-34)24-12-17-56-18-13-24)40(49-32-8-7-30(43)27-3-2-4-28(27)32)52-16-15-51(42(52)55)37-10-9-36-29(39(37)44)21-47-53(36)26-5-6-26;1-3-2-4(3)5-7-6(9)10-8-5/h7-10,15-16,19-24,26,48H,2-6,11-14,17-18,45H2,1H3;3-4H,2H2,1H3,(H,7,8,9)/t23-;/m0./s1. The fourth-order valence-electron chi connectivity index (χ4n) is 9.94. The van der Waals surface area contributed by atoms with E-state index in [1.807, 2.05) is 23.7 Å². The molecule has 3 fully saturated rings. The highest BCUT2D eigenvalue weighted by Gasteiger charge is 2.38. The first-order valence-corrected chi connectivity index (χ1v) is 22.8. The molecule has 18 heteroatoms. The second-order valence-electron chi connectivity index (χ2n) is 18.2. The number of aromatic amines is 2. The number of carbonyl (C=O) groups excluding carboxylic acids is 1. The topological polar surface area (TPSA) is 200 Å². The van der Waals surface area contributed by atoms with Gasteiger partial charge in [0.15, 0.2) is 11.6 Å². The molecule has 3 atom stereocenters. The van der Waals surface area contributed by atoms with Crippen LogP contribution < -0.4 is 17.2 Å². The molecule has 1 saturated heterocycles.